The maximum Gasteiger partial charge on any atom is 0.377 e. The number of carboxylic acid groups (broad SMARTS) is 1. The predicted octanol–water partition coefficient (Wildman–Crippen LogP) is -1.00. The molecule has 7 nitrogen and oxygen atoms in total. The minimum absolute atomic E-state index is 0.595. The van der Waals surface area contributed by atoms with Crippen LogP contribution >= 0.6 is 0 Å². The van der Waals surface area contributed by atoms with Crippen LogP contribution in [0.3, 0.4) is 0 Å². The van der Waals surface area contributed by atoms with E-state index in [2.05, 4.69) is 15.2 Å². The normalized spacial score (nSPS) is 11.5. The Kier molecular flexibility index (Phi) is 1.81. The third-order valence-electron chi connectivity index (χ3n) is 0.922. The van der Waals surface area contributed by atoms with Crippen molar-refractivity contribution in [1.29, 1.82) is 0 Å². The van der Waals surface area contributed by atoms with E-state index in [-0.39, 0.29) is 0 Å². The van der Waals surface area contributed by atoms with Crippen LogP contribution in [0.2, 0.25) is 0 Å². The van der Waals surface area contributed by atoms with E-state index in [1.165, 1.54) is 0 Å². The van der Waals surface area contributed by atoms with E-state index in [9.17, 15) is 4.79 Å². The van der Waals surface area contributed by atoms with Gasteiger partial charge in [-0.3, -0.25) is 0 Å². The Balaban J connectivity index is 2.99. The molecule has 0 atom stereocenters. The van der Waals surface area contributed by atoms with Crippen LogP contribution in [0.15, 0.2) is 17.8 Å². The number of carbonyl (C=O) groups is 1. The Hall–Kier alpha value is -1.92. The van der Waals surface area contributed by atoms with Gasteiger partial charge in [-0.2, -0.15) is 9.78 Å². The van der Waals surface area contributed by atoms with Crippen LogP contribution in [0.5, 0.6) is 0 Å². The lowest BCUT2D eigenvalue weighted by atomic mass is 10.6. The molecule has 1 rings (SSSR count). The van der Waals surface area contributed by atoms with Gasteiger partial charge >= 0.3 is 5.97 Å². The van der Waals surface area contributed by atoms with Gasteiger partial charge in [-0.1, -0.05) is 5.16 Å². The first kappa shape index (κ1) is 7.19. The van der Waals surface area contributed by atoms with Crippen molar-refractivity contribution in [2.24, 2.45) is 5.16 Å². The molecule has 7 heteroatoms. The van der Waals surface area contributed by atoms with Crippen molar-refractivity contribution < 1.29 is 15.1 Å². The molecule has 0 amide bonds. The lowest BCUT2D eigenvalue weighted by molar-refractivity contribution is -0.129. The Morgan fingerprint density at radius 2 is 2.36 bits per heavy atom. The van der Waals surface area contributed by atoms with Gasteiger partial charge in [0.2, 0.25) is 0 Å². The van der Waals surface area contributed by atoms with E-state index >= 15 is 0 Å². The smallest absolute Gasteiger partial charge is 0.377 e. The van der Waals surface area contributed by atoms with Gasteiger partial charge in [0.15, 0.2) is 0 Å². The van der Waals surface area contributed by atoms with E-state index in [1.54, 1.807) is 0 Å². The second-order valence-corrected chi connectivity index (χ2v) is 1.57. The number of carboxylic acids is 1. The molecule has 0 saturated heterocycles. The van der Waals surface area contributed by atoms with Gasteiger partial charge in [0.05, 0.1) is 0 Å². The van der Waals surface area contributed by atoms with Crippen LogP contribution < -0.4 is 0 Å². The highest BCUT2D eigenvalue weighted by atomic mass is 16.4. The highest BCUT2D eigenvalue weighted by molar-refractivity contribution is 6.34. The standard InChI is InChI=1S/C4H4N4O3/c9-4(10)3(7-11)8-2-5-1-6-8/h1-2,11H,(H,9,10). The van der Waals surface area contributed by atoms with Crippen molar-refractivity contribution in [1.82, 2.24) is 14.8 Å². The molecule has 58 valence electrons. The minimum Gasteiger partial charge on any atom is -0.475 e. The van der Waals surface area contributed by atoms with Crippen molar-refractivity contribution in [3.8, 4) is 0 Å². The topological polar surface area (TPSA) is 101 Å². The number of rotatable bonds is 0. The van der Waals surface area contributed by atoms with Crippen LogP contribution in [0, 0.1) is 0 Å². The number of aromatic nitrogens is 3. The summed E-state index contributed by atoms with van der Waals surface area (Å²) in [5.41, 5.74) is 0. The Morgan fingerprint density at radius 1 is 1.64 bits per heavy atom. The maximum absolute atomic E-state index is 10.2. The fraction of sp³-hybridized carbons (Fsp3) is 0. The van der Waals surface area contributed by atoms with E-state index in [0.29, 0.717) is 0 Å². The van der Waals surface area contributed by atoms with Gasteiger partial charge in [-0.05, 0) is 0 Å². The third-order valence-corrected chi connectivity index (χ3v) is 0.922. The SMILES string of the molecule is O=C(O)C(=NO)n1cncn1. The lowest BCUT2D eigenvalue weighted by Crippen LogP contribution is -2.22. The zero-order chi connectivity index (χ0) is 8.27. The van der Waals surface area contributed by atoms with Crippen molar-refractivity contribution in [2.75, 3.05) is 0 Å². The fourth-order valence-electron chi connectivity index (χ4n) is 0.504. The number of oxime groups is 1. The van der Waals surface area contributed by atoms with Crippen molar-refractivity contribution >= 4 is 11.8 Å². The minimum atomic E-state index is -1.38. The largest absolute Gasteiger partial charge is 0.475 e. The third kappa shape index (κ3) is 1.31. The van der Waals surface area contributed by atoms with Crippen molar-refractivity contribution in [3.63, 3.8) is 0 Å². The highest BCUT2D eigenvalue weighted by Gasteiger charge is 2.12. The van der Waals surface area contributed by atoms with E-state index in [0.717, 1.165) is 17.3 Å². The van der Waals surface area contributed by atoms with E-state index in [4.69, 9.17) is 10.3 Å². The average molecular weight is 156 g/mol. The quantitative estimate of drug-likeness (QED) is 0.217. The van der Waals surface area contributed by atoms with Gasteiger partial charge in [0.25, 0.3) is 5.84 Å². The number of aliphatic carboxylic acids is 1. The summed E-state index contributed by atoms with van der Waals surface area (Å²) in [5, 5.41) is 22.5. The molecule has 0 spiro atoms. The molecule has 0 aliphatic rings. The zero-order valence-electron chi connectivity index (χ0n) is 5.25. The lowest BCUT2D eigenvalue weighted by Gasteiger charge is -1.94. The molecule has 11 heavy (non-hydrogen) atoms. The molecule has 0 bridgehead atoms. The molecule has 1 aromatic heterocycles. The number of nitrogens with zero attached hydrogens (tertiary/aromatic N) is 4. The Morgan fingerprint density at radius 3 is 2.73 bits per heavy atom. The summed E-state index contributed by atoms with van der Waals surface area (Å²) >= 11 is 0. The molecule has 0 saturated carbocycles. The first-order valence-electron chi connectivity index (χ1n) is 2.56. The van der Waals surface area contributed by atoms with Crippen LogP contribution in [-0.2, 0) is 4.79 Å². The molecular weight excluding hydrogens is 152 g/mol. The second-order valence-electron chi connectivity index (χ2n) is 1.57. The van der Waals surface area contributed by atoms with Crippen LogP contribution in [0.1, 0.15) is 0 Å². The number of hydrogen-bond donors (Lipinski definition) is 2. The monoisotopic (exact) mass is 156 g/mol. The summed E-state index contributed by atoms with van der Waals surface area (Å²) in [7, 11) is 0. The van der Waals surface area contributed by atoms with Crippen LogP contribution in [0.4, 0.5) is 0 Å². The van der Waals surface area contributed by atoms with Gasteiger partial charge in [0, 0.05) is 0 Å². The summed E-state index contributed by atoms with van der Waals surface area (Å²) in [6.07, 6.45) is 2.25. The molecule has 0 fully saturated rings. The molecule has 0 unspecified atom stereocenters. The maximum atomic E-state index is 10.2. The van der Waals surface area contributed by atoms with Crippen LogP contribution in [0.25, 0.3) is 0 Å². The summed E-state index contributed by atoms with van der Waals surface area (Å²) in [4.78, 5) is 13.7. The van der Waals surface area contributed by atoms with E-state index in [1.807, 2.05) is 0 Å². The molecule has 0 aliphatic carbocycles. The second kappa shape index (κ2) is 2.78. The van der Waals surface area contributed by atoms with Crippen LogP contribution in [-0.4, -0.2) is 36.9 Å². The molecule has 0 radical (unpaired) electrons. The van der Waals surface area contributed by atoms with E-state index < -0.39 is 11.8 Å². The summed E-state index contributed by atoms with van der Waals surface area (Å²) in [6.45, 7) is 0. The first-order chi connectivity index (χ1) is 5.25. The van der Waals surface area contributed by atoms with Crippen molar-refractivity contribution in [3.05, 3.63) is 12.7 Å². The van der Waals surface area contributed by atoms with Crippen molar-refractivity contribution in [2.45, 2.75) is 0 Å². The summed E-state index contributed by atoms with van der Waals surface area (Å²) in [6, 6.07) is 0. The first-order valence-corrected chi connectivity index (χ1v) is 2.56. The highest BCUT2D eigenvalue weighted by Crippen LogP contribution is 1.82. The number of hydrogen-bond acceptors (Lipinski definition) is 5. The molecule has 1 aromatic rings. The average Bonchev–Trinajstić information content (AvgIpc) is 2.40. The Bertz CT molecular complexity index is 278. The fourth-order valence-corrected chi connectivity index (χ4v) is 0.504. The molecule has 2 N–H and O–H groups in total. The summed E-state index contributed by atoms with van der Waals surface area (Å²) < 4.78 is 0.836. The molecule has 0 aliphatic heterocycles. The van der Waals surface area contributed by atoms with Gasteiger partial charge < -0.3 is 10.3 Å². The van der Waals surface area contributed by atoms with Gasteiger partial charge in [0.1, 0.15) is 12.7 Å². The zero-order valence-corrected chi connectivity index (χ0v) is 5.25. The Labute approximate surface area is 60.6 Å². The van der Waals surface area contributed by atoms with Gasteiger partial charge in [-0.25, -0.2) is 9.78 Å². The molecule has 1 heterocycles. The summed E-state index contributed by atoms with van der Waals surface area (Å²) in [5.74, 6) is -1.97. The van der Waals surface area contributed by atoms with Gasteiger partial charge in [-0.15, -0.1) is 0 Å². The predicted molar refractivity (Wildman–Crippen MR) is 32.3 cm³/mol. The molecular formula is C4H4N4O3. The molecule has 0 aromatic carbocycles.